The third kappa shape index (κ3) is 4.03. The van der Waals surface area contributed by atoms with Gasteiger partial charge in [0.25, 0.3) is 12.3 Å². The van der Waals surface area contributed by atoms with Crippen LogP contribution in [0.1, 0.15) is 35.4 Å². The third-order valence-electron chi connectivity index (χ3n) is 3.47. The molecule has 0 saturated carbocycles. The van der Waals surface area contributed by atoms with Gasteiger partial charge in [-0.05, 0) is 12.8 Å². The van der Waals surface area contributed by atoms with Crippen LogP contribution in [0.4, 0.5) is 19.7 Å². The van der Waals surface area contributed by atoms with Crippen molar-refractivity contribution in [2.24, 2.45) is 0 Å². The zero-order valence-electron chi connectivity index (χ0n) is 12.0. The van der Waals surface area contributed by atoms with Crippen molar-refractivity contribution in [3.8, 4) is 0 Å². The maximum atomic E-state index is 12.4. The highest BCUT2D eigenvalue weighted by Gasteiger charge is 2.24. The van der Waals surface area contributed by atoms with E-state index in [4.69, 9.17) is 5.73 Å². The van der Waals surface area contributed by atoms with Crippen molar-refractivity contribution in [3.63, 3.8) is 0 Å². The predicted octanol–water partition coefficient (Wildman–Crippen LogP) is 2.44. The lowest BCUT2D eigenvalue weighted by Gasteiger charge is -2.18. The van der Waals surface area contributed by atoms with Crippen LogP contribution in [0.25, 0.3) is 0 Å². The molecular weight excluding hydrogens is 298 g/mol. The van der Waals surface area contributed by atoms with E-state index in [1.807, 2.05) is 0 Å². The molecule has 118 valence electrons. The number of rotatable bonds is 4. The van der Waals surface area contributed by atoms with Crippen LogP contribution in [0.15, 0.2) is 0 Å². The van der Waals surface area contributed by atoms with Gasteiger partial charge in [0, 0.05) is 20.1 Å². The van der Waals surface area contributed by atoms with Crippen molar-refractivity contribution in [2.75, 3.05) is 37.3 Å². The first kappa shape index (κ1) is 15.9. The highest BCUT2D eigenvalue weighted by molar-refractivity contribution is 7.18. The minimum atomic E-state index is -2.56. The van der Waals surface area contributed by atoms with Crippen LogP contribution in [0.3, 0.4) is 0 Å². The molecule has 0 bridgehead atoms. The van der Waals surface area contributed by atoms with Crippen molar-refractivity contribution >= 4 is 28.2 Å². The van der Waals surface area contributed by atoms with Gasteiger partial charge in [-0.2, -0.15) is 0 Å². The normalized spacial score (nSPS) is 16.1. The third-order valence-corrected chi connectivity index (χ3v) is 4.59. The number of carbonyl (C=O) groups is 1. The molecule has 1 saturated heterocycles. The van der Waals surface area contributed by atoms with Crippen molar-refractivity contribution in [3.05, 3.63) is 4.88 Å². The lowest BCUT2D eigenvalue weighted by molar-refractivity contribution is 0.0625. The molecular formula is C13H20F2N4OS. The molecule has 1 amide bonds. The van der Waals surface area contributed by atoms with Crippen LogP contribution in [-0.2, 0) is 0 Å². The summed E-state index contributed by atoms with van der Waals surface area (Å²) in [6.07, 6.45) is 2.01. The zero-order chi connectivity index (χ0) is 15.4. The lowest BCUT2D eigenvalue weighted by Crippen LogP contribution is -2.31. The number of carbonyl (C=O) groups excluding carboxylic acids is 1. The number of hydrogen-bond acceptors (Lipinski definition) is 5. The van der Waals surface area contributed by atoms with E-state index in [-0.39, 0.29) is 10.7 Å². The zero-order valence-corrected chi connectivity index (χ0v) is 12.8. The van der Waals surface area contributed by atoms with Gasteiger partial charge in [0.05, 0.1) is 6.54 Å². The van der Waals surface area contributed by atoms with Crippen molar-refractivity contribution in [2.45, 2.75) is 32.1 Å². The number of aromatic nitrogens is 1. The second-order valence-electron chi connectivity index (χ2n) is 5.19. The summed E-state index contributed by atoms with van der Waals surface area (Å²) in [5, 5.41) is 0.711. The molecule has 5 nitrogen and oxygen atoms in total. The molecule has 1 aliphatic rings. The second kappa shape index (κ2) is 7.02. The standard InChI is InChI=1S/C13H20F2N4OS/c1-18(8-9(14)15)12(20)10-11(16)17-13(21-10)19-6-4-2-3-5-7-19/h9H,2-8,16H2,1H3. The fourth-order valence-electron chi connectivity index (χ4n) is 2.33. The Kier molecular flexibility index (Phi) is 5.33. The summed E-state index contributed by atoms with van der Waals surface area (Å²) in [6.45, 7) is 1.19. The fourth-order valence-corrected chi connectivity index (χ4v) is 3.37. The summed E-state index contributed by atoms with van der Waals surface area (Å²) in [5.74, 6) is -0.364. The maximum absolute atomic E-state index is 12.4. The van der Waals surface area contributed by atoms with Gasteiger partial charge < -0.3 is 15.5 Å². The Morgan fingerprint density at radius 2 is 2.00 bits per heavy atom. The highest BCUT2D eigenvalue weighted by atomic mass is 32.1. The van der Waals surface area contributed by atoms with Crippen LogP contribution in [0.2, 0.25) is 0 Å². The van der Waals surface area contributed by atoms with Gasteiger partial charge in [-0.1, -0.05) is 24.2 Å². The molecule has 2 rings (SSSR count). The summed E-state index contributed by atoms with van der Waals surface area (Å²) >= 11 is 1.19. The first-order chi connectivity index (χ1) is 9.99. The number of amides is 1. The monoisotopic (exact) mass is 318 g/mol. The van der Waals surface area contributed by atoms with Gasteiger partial charge in [-0.25, -0.2) is 13.8 Å². The summed E-state index contributed by atoms with van der Waals surface area (Å²) in [6, 6.07) is 0. The first-order valence-corrected chi connectivity index (χ1v) is 7.85. The second-order valence-corrected chi connectivity index (χ2v) is 6.17. The molecule has 2 N–H and O–H groups in total. The van der Waals surface area contributed by atoms with Gasteiger partial charge in [0.15, 0.2) is 5.13 Å². The summed E-state index contributed by atoms with van der Waals surface area (Å²) in [5.41, 5.74) is 5.79. The Balaban J connectivity index is 2.12. The van der Waals surface area contributed by atoms with Gasteiger partial charge in [0.2, 0.25) is 0 Å². The molecule has 0 unspecified atom stereocenters. The number of nitrogens with two attached hydrogens (primary N) is 1. The molecule has 0 atom stereocenters. The Morgan fingerprint density at radius 1 is 1.38 bits per heavy atom. The molecule has 0 aromatic carbocycles. The van der Waals surface area contributed by atoms with Crippen molar-refractivity contribution < 1.29 is 13.6 Å². The average Bonchev–Trinajstić information content (AvgIpc) is 2.65. The van der Waals surface area contributed by atoms with E-state index in [0.717, 1.165) is 30.8 Å². The molecule has 21 heavy (non-hydrogen) atoms. The van der Waals surface area contributed by atoms with Gasteiger partial charge in [0.1, 0.15) is 10.7 Å². The van der Waals surface area contributed by atoms with Crippen LogP contribution in [-0.4, -0.2) is 48.9 Å². The molecule has 0 radical (unpaired) electrons. The molecule has 1 aromatic heterocycles. The van der Waals surface area contributed by atoms with E-state index in [1.54, 1.807) is 0 Å². The molecule has 8 heteroatoms. The van der Waals surface area contributed by atoms with Crippen molar-refractivity contribution in [1.29, 1.82) is 0 Å². The van der Waals surface area contributed by atoms with E-state index in [0.29, 0.717) is 5.13 Å². The molecule has 1 fully saturated rings. The summed E-state index contributed by atoms with van der Waals surface area (Å²) in [7, 11) is 1.35. The molecule has 1 aliphatic heterocycles. The van der Waals surface area contributed by atoms with E-state index in [1.165, 1.54) is 31.2 Å². The molecule has 1 aromatic rings. The lowest BCUT2D eigenvalue weighted by atomic mass is 10.2. The Hall–Kier alpha value is -1.44. The van der Waals surface area contributed by atoms with Crippen LogP contribution in [0, 0.1) is 0 Å². The predicted molar refractivity (Wildman–Crippen MR) is 80.2 cm³/mol. The Morgan fingerprint density at radius 3 is 2.57 bits per heavy atom. The van der Waals surface area contributed by atoms with Gasteiger partial charge in [-0.15, -0.1) is 0 Å². The average molecular weight is 318 g/mol. The maximum Gasteiger partial charge on any atom is 0.267 e. The molecule has 0 aliphatic carbocycles. The topological polar surface area (TPSA) is 62.5 Å². The Bertz CT molecular complexity index is 487. The highest BCUT2D eigenvalue weighted by Crippen LogP contribution is 2.30. The van der Waals surface area contributed by atoms with Crippen LogP contribution < -0.4 is 10.6 Å². The minimum Gasteiger partial charge on any atom is -0.382 e. The van der Waals surface area contributed by atoms with E-state index in [2.05, 4.69) is 9.88 Å². The number of thiazole rings is 1. The Labute approximate surface area is 126 Å². The van der Waals surface area contributed by atoms with E-state index >= 15 is 0 Å². The number of alkyl halides is 2. The number of anilines is 2. The summed E-state index contributed by atoms with van der Waals surface area (Å²) in [4.78, 5) is 19.7. The number of nitrogens with zero attached hydrogens (tertiary/aromatic N) is 3. The number of hydrogen-bond donors (Lipinski definition) is 1. The largest absolute Gasteiger partial charge is 0.382 e. The van der Waals surface area contributed by atoms with Gasteiger partial charge in [-0.3, -0.25) is 4.79 Å². The van der Waals surface area contributed by atoms with E-state index < -0.39 is 18.9 Å². The SMILES string of the molecule is CN(CC(F)F)C(=O)c1sc(N2CCCCCC2)nc1N. The van der Waals surface area contributed by atoms with Crippen molar-refractivity contribution in [1.82, 2.24) is 9.88 Å². The smallest absolute Gasteiger partial charge is 0.267 e. The quantitative estimate of drug-likeness (QED) is 0.926. The van der Waals surface area contributed by atoms with Crippen LogP contribution in [0.5, 0.6) is 0 Å². The van der Waals surface area contributed by atoms with E-state index in [9.17, 15) is 13.6 Å². The fraction of sp³-hybridized carbons (Fsp3) is 0.692. The molecule has 0 spiro atoms. The number of nitrogen functional groups attached to an aromatic ring is 1. The van der Waals surface area contributed by atoms with Gasteiger partial charge >= 0.3 is 0 Å². The summed E-state index contributed by atoms with van der Waals surface area (Å²) < 4.78 is 24.7. The number of halogens is 2. The minimum absolute atomic E-state index is 0.130. The first-order valence-electron chi connectivity index (χ1n) is 7.04. The molecule has 2 heterocycles. The van der Waals surface area contributed by atoms with Crippen LogP contribution >= 0.6 is 11.3 Å².